The molecule has 0 unspecified atom stereocenters. The Balaban J connectivity index is 4.74. The first-order chi connectivity index (χ1) is 8.23. The van der Waals surface area contributed by atoms with Crippen LogP contribution in [0.3, 0.4) is 0 Å². The van der Waals surface area contributed by atoms with Gasteiger partial charge in [-0.1, -0.05) is 6.58 Å². The van der Waals surface area contributed by atoms with Gasteiger partial charge in [0.15, 0.2) is 6.61 Å². The van der Waals surface area contributed by atoms with Crippen LogP contribution in [0.15, 0.2) is 12.2 Å². The highest BCUT2D eigenvalue weighted by atomic mass is 19.4. The second kappa shape index (κ2) is 5.29. The molecular weight excluding hydrogens is 299 g/mol. The van der Waals surface area contributed by atoms with Crippen LogP contribution >= 0.6 is 0 Å². The molecule has 0 atom stereocenters. The van der Waals surface area contributed by atoms with E-state index in [-0.39, 0.29) is 0 Å². The number of esters is 1. The van der Waals surface area contributed by atoms with E-state index in [2.05, 4.69) is 11.3 Å². The molecule has 0 aromatic rings. The van der Waals surface area contributed by atoms with Crippen molar-refractivity contribution in [3.63, 3.8) is 0 Å². The fourth-order valence-corrected chi connectivity index (χ4v) is 0.615. The van der Waals surface area contributed by atoms with Gasteiger partial charge in [0.05, 0.1) is 0 Å². The molecule has 19 heavy (non-hydrogen) atoms. The van der Waals surface area contributed by atoms with Gasteiger partial charge in [-0.25, -0.2) is 13.6 Å². The highest BCUT2D eigenvalue weighted by molar-refractivity contribution is 5.89. The van der Waals surface area contributed by atoms with Crippen LogP contribution in [-0.2, 0) is 9.53 Å². The van der Waals surface area contributed by atoms with Gasteiger partial charge in [-0.15, -0.1) is 0 Å². The summed E-state index contributed by atoms with van der Waals surface area (Å²) in [5.74, 6) is -13.8. The lowest BCUT2D eigenvalue weighted by Crippen LogP contribution is -2.49. The Morgan fingerprint density at radius 1 is 1.05 bits per heavy atom. The van der Waals surface area contributed by atoms with Gasteiger partial charge in [0.2, 0.25) is 0 Å². The molecule has 0 radical (unpaired) electrons. The van der Waals surface area contributed by atoms with Crippen molar-refractivity contribution in [3.8, 4) is 0 Å². The van der Waals surface area contributed by atoms with E-state index >= 15 is 0 Å². The molecule has 0 spiro atoms. The minimum atomic E-state index is -5.85. The topological polar surface area (TPSA) is 26.3 Å². The molecule has 112 valence electrons. The van der Waals surface area contributed by atoms with Crippen molar-refractivity contribution in [1.29, 1.82) is 0 Å². The monoisotopic (exact) mass is 304 g/mol. The maximum atomic E-state index is 12.6. The first kappa shape index (κ1) is 17.6. The molecule has 0 amide bonds. The average molecular weight is 304 g/mol. The van der Waals surface area contributed by atoms with Crippen LogP contribution in [0.5, 0.6) is 0 Å². The highest BCUT2D eigenvalue weighted by Crippen LogP contribution is 2.39. The first-order valence-electron chi connectivity index (χ1n) is 4.20. The maximum absolute atomic E-state index is 12.6. The van der Waals surface area contributed by atoms with Crippen molar-refractivity contribution in [2.45, 2.75) is 24.4 Å². The highest BCUT2D eigenvalue weighted by Gasteiger charge is 2.63. The fraction of sp³-hybridized carbons (Fsp3) is 0.625. The van der Waals surface area contributed by atoms with E-state index in [1.165, 1.54) is 0 Å². The van der Waals surface area contributed by atoms with Crippen molar-refractivity contribution < 1.29 is 49.0 Å². The standard InChI is InChI=1S/C8H5F9O2/c1-3(8(15,16)17)4(18)19-2-6(11,12)7(13,14)5(9)10/h5H,1-2H2. The number of hydrogen-bond acceptors (Lipinski definition) is 2. The number of rotatable bonds is 5. The average Bonchev–Trinajstić information content (AvgIpc) is 2.23. The molecule has 0 aliphatic heterocycles. The van der Waals surface area contributed by atoms with E-state index in [0.717, 1.165) is 0 Å². The van der Waals surface area contributed by atoms with Gasteiger partial charge in [0, 0.05) is 0 Å². The summed E-state index contributed by atoms with van der Waals surface area (Å²) in [5.41, 5.74) is -2.23. The summed E-state index contributed by atoms with van der Waals surface area (Å²) < 4.78 is 112. The van der Waals surface area contributed by atoms with E-state index in [9.17, 15) is 44.3 Å². The Morgan fingerprint density at radius 2 is 1.47 bits per heavy atom. The second-order valence-corrected chi connectivity index (χ2v) is 3.18. The molecule has 2 nitrogen and oxygen atoms in total. The molecule has 0 saturated heterocycles. The van der Waals surface area contributed by atoms with Gasteiger partial charge in [0.25, 0.3) is 0 Å². The minimum absolute atomic E-state index is 2.14. The molecule has 0 saturated carbocycles. The van der Waals surface area contributed by atoms with Crippen molar-refractivity contribution in [2.24, 2.45) is 0 Å². The van der Waals surface area contributed by atoms with Crippen molar-refractivity contribution in [3.05, 3.63) is 12.2 Å². The molecule has 0 aliphatic carbocycles. The summed E-state index contributed by atoms with van der Waals surface area (Å²) in [6.07, 6.45) is -10.1. The zero-order valence-corrected chi connectivity index (χ0v) is 8.71. The largest absolute Gasteiger partial charge is 0.455 e. The van der Waals surface area contributed by atoms with Crippen LogP contribution in [0.4, 0.5) is 39.5 Å². The van der Waals surface area contributed by atoms with Crippen molar-refractivity contribution >= 4 is 5.97 Å². The lowest BCUT2D eigenvalue weighted by molar-refractivity contribution is -0.276. The Bertz CT molecular complexity index is 358. The van der Waals surface area contributed by atoms with Crippen LogP contribution < -0.4 is 0 Å². The van der Waals surface area contributed by atoms with Crippen LogP contribution in [-0.4, -0.2) is 37.0 Å². The summed E-state index contributed by atoms with van der Waals surface area (Å²) in [6, 6.07) is 0. The Morgan fingerprint density at radius 3 is 1.79 bits per heavy atom. The van der Waals surface area contributed by atoms with E-state index in [1.807, 2.05) is 0 Å². The normalized spacial score (nSPS) is 13.6. The number of hydrogen-bond donors (Lipinski definition) is 0. The predicted molar refractivity (Wildman–Crippen MR) is 42.1 cm³/mol. The third-order valence-corrected chi connectivity index (χ3v) is 1.73. The van der Waals surface area contributed by atoms with Crippen LogP contribution in [0, 0.1) is 0 Å². The predicted octanol–water partition coefficient (Wildman–Crippen LogP) is 3.18. The molecule has 0 aromatic carbocycles. The molecule has 0 aliphatic rings. The summed E-state index contributed by atoms with van der Waals surface area (Å²) in [5, 5.41) is 0. The molecule has 0 fully saturated rings. The lowest BCUT2D eigenvalue weighted by Gasteiger charge is -2.25. The summed E-state index contributed by atoms with van der Waals surface area (Å²) >= 11 is 0. The summed E-state index contributed by atoms with van der Waals surface area (Å²) in [7, 11) is 0. The van der Waals surface area contributed by atoms with Crippen molar-refractivity contribution in [2.75, 3.05) is 6.61 Å². The molecule has 0 aromatic heterocycles. The number of halogens is 9. The Hall–Kier alpha value is -1.42. The van der Waals surface area contributed by atoms with Crippen LogP contribution in [0.25, 0.3) is 0 Å². The smallest absolute Gasteiger partial charge is 0.422 e. The third kappa shape index (κ3) is 4.03. The number of ether oxygens (including phenoxy) is 1. The van der Waals surface area contributed by atoms with E-state index in [4.69, 9.17) is 0 Å². The summed E-state index contributed by atoms with van der Waals surface area (Å²) in [4.78, 5) is 10.5. The van der Waals surface area contributed by atoms with Gasteiger partial charge in [0.1, 0.15) is 5.57 Å². The lowest BCUT2D eigenvalue weighted by atomic mass is 10.2. The number of carbonyl (C=O) groups is 1. The second-order valence-electron chi connectivity index (χ2n) is 3.18. The van der Waals surface area contributed by atoms with Gasteiger partial charge in [-0.05, 0) is 0 Å². The number of carbonyl (C=O) groups excluding carboxylic acids is 1. The van der Waals surface area contributed by atoms with E-state index in [0.29, 0.717) is 0 Å². The van der Waals surface area contributed by atoms with E-state index in [1.54, 1.807) is 0 Å². The zero-order chi connectivity index (χ0) is 15.6. The first-order valence-corrected chi connectivity index (χ1v) is 4.20. The van der Waals surface area contributed by atoms with Crippen LogP contribution in [0.1, 0.15) is 0 Å². The Labute approximate surface area is 99.4 Å². The summed E-state index contributed by atoms with van der Waals surface area (Å²) in [6.45, 7) is -0.497. The molecule has 0 rings (SSSR count). The molecule has 0 bridgehead atoms. The SMILES string of the molecule is C=C(C(=O)OCC(F)(F)C(F)(F)C(F)F)C(F)(F)F. The van der Waals surface area contributed by atoms with E-state index < -0.39 is 42.6 Å². The van der Waals surface area contributed by atoms with Crippen molar-refractivity contribution in [1.82, 2.24) is 0 Å². The molecular formula is C8H5F9O2. The third-order valence-electron chi connectivity index (χ3n) is 1.73. The Kier molecular flexibility index (Phi) is 4.90. The fourth-order valence-electron chi connectivity index (χ4n) is 0.615. The molecule has 0 N–H and O–H groups in total. The molecule has 0 heterocycles. The number of alkyl halides is 9. The van der Waals surface area contributed by atoms with Gasteiger partial charge < -0.3 is 4.74 Å². The van der Waals surface area contributed by atoms with Gasteiger partial charge >= 0.3 is 30.4 Å². The minimum Gasteiger partial charge on any atom is -0.455 e. The molecule has 11 heteroatoms. The van der Waals surface area contributed by atoms with Gasteiger partial charge in [-0.3, -0.25) is 0 Å². The quantitative estimate of drug-likeness (QED) is 0.443. The van der Waals surface area contributed by atoms with Crippen LogP contribution in [0.2, 0.25) is 0 Å². The van der Waals surface area contributed by atoms with Gasteiger partial charge in [-0.2, -0.15) is 30.7 Å². The maximum Gasteiger partial charge on any atom is 0.422 e. The zero-order valence-electron chi connectivity index (χ0n) is 8.71.